The van der Waals surface area contributed by atoms with Crippen LogP contribution >= 0.6 is 0 Å². The van der Waals surface area contributed by atoms with Crippen molar-refractivity contribution in [3.05, 3.63) is 29.8 Å². The fraction of sp³-hybridized carbons (Fsp3) is 0.529. The highest BCUT2D eigenvalue weighted by Gasteiger charge is 2.06. The minimum Gasteiger partial charge on any atom is -0.481 e. The Bertz CT molecular complexity index is 475. The van der Waals surface area contributed by atoms with Crippen LogP contribution in [0.3, 0.4) is 0 Å². The molecule has 0 spiro atoms. The number of hydrogen-bond acceptors (Lipinski definition) is 3. The van der Waals surface area contributed by atoms with Gasteiger partial charge in [-0.25, -0.2) is 0 Å². The van der Waals surface area contributed by atoms with Gasteiger partial charge in [-0.3, -0.25) is 9.59 Å². The largest absolute Gasteiger partial charge is 0.481 e. The molecule has 3 N–H and O–H groups in total. The fourth-order valence-corrected chi connectivity index (χ4v) is 2.19. The molecule has 1 aromatic carbocycles. The third-order valence-electron chi connectivity index (χ3n) is 3.39. The van der Waals surface area contributed by atoms with E-state index in [1.54, 1.807) is 0 Å². The van der Waals surface area contributed by atoms with Gasteiger partial charge in [-0.05, 0) is 24.5 Å². The van der Waals surface area contributed by atoms with Crippen LogP contribution in [0.15, 0.2) is 24.3 Å². The molecule has 0 aromatic heterocycles. The third-order valence-corrected chi connectivity index (χ3v) is 3.39. The predicted molar refractivity (Wildman–Crippen MR) is 88.0 cm³/mol. The Labute approximate surface area is 132 Å². The Morgan fingerprint density at radius 1 is 1.14 bits per heavy atom. The molecule has 5 heteroatoms. The molecule has 1 rings (SSSR count). The number of aliphatic carboxylic acids is 1. The second-order valence-electron chi connectivity index (χ2n) is 5.34. The number of carbonyl (C=O) groups excluding carboxylic acids is 1. The van der Waals surface area contributed by atoms with E-state index in [0.29, 0.717) is 6.54 Å². The van der Waals surface area contributed by atoms with Gasteiger partial charge in [-0.1, -0.05) is 44.4 Å². The number of carboxylic acids is 1. The lowest BCUT2D eigenvalue weighted by atomic mass is 10.0. The fourth-order valence-electron chi connectivity index (χ4n) is 2.19. The Balaban J connectivity index is 2.40. The zero-order chi connectivity index (χ0) is 16.2. The van der Waals surface area contributed by atoms with Crippen LogP contribution in [0, 0.1) is 0 Å². The molecule has 0 saturated heterocycles. The highest BCUT2D eigenvalue weighted by Crippen LogP contribution is 2.18. The lowest BCUT2D eigenvalue weighted by molar-refractivity contribution is -0.137. The van der Waals surface area contributed by atoms with Gasteiger partial charge in [0.2, 0.25) is 5.91 Å². The van der Waals surface area contributed by atoms with E-state index in [4.69, 9.17) is 5.11 Å². The first-order valence-electron chi connectivity index (χ1n) is 7.93. The van der Waals surface area contributed by atoms with Crippen LogP contribution in [0.4, 0.5) is 5.69 Å². The minimum atomic E-state index is -0.870. The van der Waals surface area contributed by atoms with Crippen molar-refractivity contribution in [2.45, 2.75) is 45.4 Å². The van der Waals surface area contributed by atoms with E-state index >= 15 is 0 Å². The molecular formula is C17H26N2O3. The van der Waals surface area contributed by atoms with Crippen LogP contribution < -0.4 is 10.6 Å². The Morgan fingerprint density at radius 3 is 2.64 bits per heavy atom. The Morgan fingerprint density at radius 2 is 1.91 bits per heavy atom. The number of unbranched alkanes of at least 4 members (excludes halogenated alkanes) is 3. The standard InChI is InChI=1S/C17H26N2O3/c1-2-3-4-5-8-14-9-6-7-10-15(14)19-16(20)13-18-12-11-17(21)22/h6-7,9-10,18H,2-5,8,11-13H2,1H3,(H,19,20)(H,21,22). The molecule has 22 heavy (non-hydrogen) atoms. The van der Waals surface area contributed by atoms with Gasteiger partial charge in [-0.2, -0.15) is 0 Å². The first kappa shape index (κ1) is 18.2. The molecule has 0 aliphatic carbocycles. The van der Waals surface area contributed by atoms with Crippen LogP contribution in [0.1, 0.15) is 44.6 Å². The molecule has 0 heterocycles. The average Bonchev–Trinajstić information content (AvgIpc) is 2.49. The minimum absolute atomic E-state index is 0.0152. The zero-order valence-corrected chi connectivity index (χ0v) is 13.2. The van der Waals surface area contributed by atoms with Crippen molar-refractivity contribution in [1.82, 2.24) is 5.32 Å². The smallest absolute Gasteiger partial charge is 0.304 e. The van der Waals surface area contributed by atoms with E-state index in [0.717, 1.165) is 24.1 Å². The van der Waals surface area contributed by atoms with E-state index in [1.165, 1.54) is 19.3 Å². The van der Waals surface area contributed by atoms with Crippen LogP contribution in [0.5, 0.6) is 0 Å². The second-order valence-corrected chi connectivity index (χ2v) is 5.34. The van der Waals surface area contributed by atoms with Gasteiger partial charge in [0.25, 0.3) is 0 Å². The first-order valence-corrected chi connectivity index (χ1v) is 7.93. The van der Waals surface area contributed by atoms with Crippen molar-refractivity contribution in [2.75, 3.05) is 18.4 Å². The van der Waals surface area contributed by atoms with Crippen molar-refractivity contribution < 1.29 is 14.7 Å². The molecule has 0 aliphatic rings. The number of para-hydroxylation sites is 1. The molecule has 0 saturated carbocycles. The molecule has 0 radical (unpaired) electrons. The molecule has 0 atom stereocenters. The van der Waals surface area contributed by atoms with E-state index in [-0.39, 0.29) is 18.9 Å². The van der Waals surface area contributed by atoms with Crippen molar-refractivity contribution in [1.29, 1.82) is 0 Å². The zero-order valence-electron chi connectivity index (χ0n) is 13.2. The average molecular weight is 306 g/mol. The Kier molecular flexibility index (Phi) is 8.91. The van der Waals surface area contributed by atoms with Gasteiger partial charge >= 0.3 is 5.97 Å². The van der Waals surface area contributed by atoms with Gasteiger partial charge < -0.3 is 15.7 Å². The number of benzene rings is 1. The molecule has 122 valence electrons. The number of carbonyl (C=O) groups is 2. The molecule has 0 unspecified atom stereocenters. The number of aryl methyl sites for hydroxylation is 1. The van der Waals surface area contributed by atoms with Crippen molar-refractivity contribution in [2.24, 2.45) is 0 Å². The van der Waals surface area contributed by atoms with E-state index in [9.17, 15) is 9.59 Å². The van der Waals surface area contributed by atoms with E-state index in [2.05, 4.69) is 17.6 Å². The van der Waals surface area contributed by atoms with Gasteiger partial charge in [-0.15, -0.1) is 0 Å². The summed E-state index contributed by atoms with van der Waals surface area (Å²) in [6.45, 7) is 2.60. The lowest BCUT2D eigenvalue weighted by Crippen LogP contribution is -2.29. The number of anilines is 1. The SMILES string of the molecule is CCCCCCc1ccccc1NC(=O)CNCCC(=O)O. The second kappa shape index (κ2) is 10.8. The number of carboxylic acid groups (broad SMARTS) is 1. The summed E-state index contributed by atoms with van der Waals surface area (Å²) >= 11 is 0. The molecule has 1 amide bonds. The van der Waals surface area contributed by atoms with E-state index in [1.807, 2.05) is 24.3 Å². The Hall–Kier alpha value is -1.88. The predicted octanol–water partition coefficient (Wildman–Crippen LogP) is 2.81. The van der Waals surface area contributed by atoms with E-state index < -0.39 is 5.97 Å². The number of rotatable bonds is 11. The van der Waals surface area contributed by atoms with Crippen molar-refractivity contribution >= 4 is 17.6 Å². The summed E-state index contributed by atoms with van der Waals surface area (Å²) in [5, 5.41) is 14.2. The van der Waals surface area contributed by atoms with Crippen LogP contribution in [-0.4, -0.2) is 30.1 Å². The first-order chi connectivity index (χ1) is 10.6. The normalized spacial score (nSPS) is 10.4. The lowest BCUT2D eigenvalue weighted by Gasteiger charge is -2.11. The van der Waals surface area contributed by atoms with Crippen LogP contribution in [0.25, 0.3) is 0 Å². The molecular weight excluding hydrogens is 280 g/mol. The molecule has 0 aliphatic heterocycles. The third kappa shape index (κ3) is 7.78. The molecule has 0 bridgehead atoms. The highest BCUT2D eigenvalue weighted by molar-refractivity contribution is 5.93. The van der Waals surface area contributed by atoms with Crippen LogP contribution in [0.2, 0.25) is 0 Å². The van der Waals surface area contributed by atoms with Gasteiger partial charge in [0, 0.05) is 12.2 Å². The summed E-state index contributed by atoms with van der Waals surface area (Å²) in [5.74, 6) is -1.02. The number of nitrogens with one attached hydrogen (secondary N) is 2. The van der Waals surface area contributed by atoms with Crippen molar-refractivity contribution in [3.63, 3.8) is 0 Å². The summed E-state index contributed by atoms with van der Waals surface area (Å²) in [6.07, 6.45) is 5.75. The number of hydrogen-bond donors (Lipinski definition) is 3. The summed E-state index contributed by atoms with van der Waals surface area (Å²) in [7, 11) is 0. The van der Waals surface area contributed by atoms with Gasteiger partial charge in [0.15, 0.2) is 0 Å². The maximum atomic E-state index is 11.9. The summed E-state index contributed by atoms with van der Waals surface area (Å²) < 4.78 is 0. The highest BCUT2D eigenvalue weighted by atomic mass is 16.4. The maximum Gasteiger partial charge on any atom is 0.304 e. The monoisotopic (exact) mass is 306 g/mol. The number of amides is 1. The van der Waals surface area contributed by atoms with Gasteiger partial charge in [0.1, 0.15) is 0 Å². The molecule has 1 aromatic rings. The van der Waals surface area contributed by atoms with Crippen molar-refractivity contribution in [3.8, 4) is 0 Å². The maximum absolute atomic E-state index is 11.9. The summed E-state index contributed by atoms with van der Waals surface area (Å²) in [6, 6.07) is 7.84. The molecule has 0 fully saturated rings. The summed E-state index contributed by atoms with van der Waals surface area (Å²) in [5.41, 5.74) is 2.00. The summed E-state index contributed by atoms with van der Waals surface area (Å²) in [4.78, 5) is 22.3. The quantitative estimate of drug-likeness (QED) is 0.549. The topological polar surface area (TPSA) is 78.4 Å². The van der Waals surface area contributed by atoms with Gasteiger partial charge in [0.05, 0.1) is 13.0 Å². The molecule has 5 nitrogen and oxygen atoms in total. The van der Waals surface area contributed by atoms with Crippen LogP contribution in [-0.2, 0) is 16.0 Å².